The van der Waals surface area contributed by atoms with Gasteiger partial charge in [0.2, 0.25) is 0 Å². The highest BCUT2D eigenvalue weighted by Crippen LogP contribution is 2.62. The average Bonchev–Trinajstić information content (AvgIpc) is 4.12. The molecule has 1 atom stereocenters. The van der Waals surface area contributed by atoms with Gasteiger partial charge >= 0.3 is 0 Å². The van der Waals surface area contributed by atoms with Crippen molar-refractivity contribution in [2.45, 2.75) is 5.41 Å². The fraction of sp³-hybridized carbons (Fsp3) is 0.0167. The van der Waals surface area contributed by atoms with Crippen LogP contribution in [0.5, 0.6) is 11.5 Å². The van der Waals surface area contributed by atoms with Crippen LogP contribution in [-0.4, -0.2) is 28.7 Å². The largest absolute Gasteiger partial charge is 0.457 e. The molecule has 9 nitrogen and oxygen atoms in total. The Bertz CT molecular complexity index is 4400. The first-order chi connectivity index (χ1) is 34.1. The van der Waals surface area contributed by atoms with Gasteiger partial charge in [-0.3, -0.25) is 15.0 Å². The third kappa shape index (κ3) is 4.87. The lowest BCUT2D eigenvalue weighted by Gasteiger charge is -2.39. The van der Waals surface area contributed by atoms with Crippen molar-refractivity contribution in [2.75, 3.05) is 0 Å². The predicted molar refractivity (Wildman–Crippen MR) is 270 cm³/mol. The molecule has 0 radical (unpaired) electrons. The number of pyridine rings is 3. The van der Waals surface area contributed by atoms with Gasteiger partial charge in [-0.25, -0.2) is 0 Å². The van der Waals surface area contributed by atoms with E-state index in [-0.39, 0.29) is 0 Å². The maximum atomic E-state index is 9.94. The summed E-state index contributed by atoms with van der Waals surface area (Å²) in [6.45, 7) is 0. The van der Waals surface area contributed by atoms with Crippen LogP contribution < -0.4 is 4.74 Å². The molecule has 1 aliphatic heterocycles. The number of fused-ring (bicyclic) bond motifs is 18. The molecule has 1 spiro atoms. The molecule has 69 heavy (non-hydrogen) atoms. The summed E-state index contributed by atoms with van der Waals surface area (Å²) >= 11 is 0. The van der Waals surface area contributed by atoms with E-state index >= 15 is 0 Å². The molecule has 1 unspecified atom stereocenters. The lowest BCUT2D eigenvalue weighted by molar-refractivity contribution is 0.436. The monoisotopic (exact) mass is 880 g/mol. The maximum absolute atomic E-state index is 9.94. The van der Waals surface area contributed by atoms with Crippen molar-refractivity contribution < 1.29 is 4.74 Å². The Morgan fingerprint density at radius 3 is 1.71 bits per heavy atom. The molecule has 0 bridgehead atoms. The summed E-state index contributed by atoms with van der Waals surface area (Å²) < 4.78 is 13.8. The average molecular weight is 881 g/mol. The van der Waals surface area contributed by atoms with E-state index in [1.165, 1.54) is 10.8 Å². The molecule has 318 valence electrons. The summed E-state index contributed by atoms with van der Waals surface area (Å²) in [5.74, 6) is 1.51. The molecular formula is C60H32N8O. The molecule has 9 heteroatoms. The first-order valence-corrected chi connectivity index (χ1v) is 22.8. The van der Waals surface area contributed by atoms with Crippen LogP contribution in [0.2, 0.25) is 0 Å². The number of aromatic nitrogens is 6. The van der Waals surface area contributed by atoms with E-state index in [0.717, 1.165) is 117 Å². The number of benzene rings is 7. The summed E-state index contributed by atoms with van der Waals surface area (Å²) in [5, 5.41) is 26.3. The van der Waals surface area contributed by atoms with Crippen LogP contribution in [0, 0.1) is 22.7 Å². The van der Waals surface area contributed by atoms with Crippen LogP contribution in [0.3, 0.4) is 0 Å². The van der Waals surface area contributed by atoms with E-state index < -0.39 is 5.41 Å². The highest BCUT2D eigenvalue weighted by atomic mass is 16.5. The highest BCUT2D eigenvalue weighted by molar-refractivity contribution is 6.13. The molecule has 0 amide bonds. The highest BCUT2D eigenvalue weighted by Gasteiger charge is 2.53. The number of hydrogen-bond acceptors (Lipinski definition) is 6. The zero-order valence-corrected chi connectivity index (χ0v) is 36.5. The second-order valence-corrected chi connectivity index (χ2v) is 17.8. The van der Waals surface area contributed by atoms with Crippen molar-refractivity contribution in [3.05, 3.63) is 228 Å². The molecule has 0 saturated heterocycles. The number of nitrogens with zero attached hydrogens (tertiary/aromatic N) is 8. The standard InChI is InChI=1S/C60H32N8O/c61-31-35-15-19-52-43(26-35)44-27-36(32-62)16-20-53(44)68(52)39-30-49-59(65-33-39)58-47(11-7-24-64-58)60(49)46-10-3-6-14-56(46)69-57-22-18-38(29-48(57)60)66-51-13-5-2-9-41(51)45-28-37(17-21-54(45)66)67-50-12-4-1-8-40(50)42-23-25-63-34-55(42)67/h1-30,33-34H. The van der Waals surface area contributed by atoms with E-state index in [1.54, 1.807) is 0 Å². The number of nitriles is 2. The summed E-state index contributed by atoms with van der Waals surface area (Å²) in [6.07, 6.45) is 7.58. The van der Waals surface area contributed by atoms with Crippen LogP contribution in [0.4, 0.5) is 0 Å². The van der Waals surface area contributed by atoms with Gasteiger partial charge in [-0.15, -0.1) is 0 Å². The van der Waals surface area contributed by atoms with Crippen molar-refractivity contribution in [2.24, 2.45) is 0 Å². The van der Waals surface area contributed by atoms with Gasteiger partial charge in [0, 0.05) is 72.8 Å². The quantitative estimate of drug-likeness (QED) is 0.175. The third-order valence-electron chi connectivity index (χ3n) is 14.5. The van der Waals surface area contributed by atoms with Crippen molar-refractivity contribution >= 4 is 65.4 Å². The Kier molecular flexibility index (Phi) is 7.38. The molecule has 0 fully saturated rings. The van der Waals surface area contributed by atoms with Crippen molar-refractivity contribution in [3.8, 4) is 52.1 Å². The number of para-hydroxylation sites is 3. The van der Waals surface area contributed by atoms with Crippen molar-refractivity contribution in [1.82, 2.24) is 28.7 Å². The lowest BCUT2D eigenvalue weighted by atomic mass is 9.66. The van der Waals surface area contributed by atoms with Gasteiger partial charge in [-0.2, -0.15) is 10.5 Å². The Labute approximate surface area is 393 Å². The zero-order chi connectivity index (χ0) is 45.5. The summed E-state index contributed by atoms with van der Waals surface area (Å²) in [4.78, 5) is 14.9. The Hall–Kier alpha value is -9.83. The minimum atomic E-state index is -0.890. The van der Waals surface area contributed by atoms with Crippen LogP contribution >= 0.6 is 0 Å². The van der Waals surface area contributed by atoms with Crippen LogP contribution in [0.15, 0.2) is 195 Å². The van der Waals surface area contributed by atoms with Crippen molar-refractivity contribution in [1.29, 1.82) is 10.5 Å². The Balaban J connectivity index is 0.988. The third-order valence-corrected chi connectivity index (χ3v) is 14.5. The number of rotatable bonds is 3. The molecule has 0 saturated carbocycles. The van der Waals surface area contributed by atoms with Crippen LogP contribution in [0.1, 0.15) is 33.4 Å². The van der Waals surface area contributed by atoms with Gasteiger partial charge in [-0.1, -0.05) is 60.7 Å². The van der Waals surface area contributed by atoms with Crippen LogP contribution in [0.25, 0.3) is 93.9 Å². The topological polar surface area (TPSA) is 110 Å². The van der Waals surface area contributed by atoms with E-state index in [2.05, 4.69) is 146 Å². The summed E-state index contributed by atoms with van der Waals surface area (Å²) in [7, 11) is 0. The molecule has 7 heterocycles. The second-order valence-electron chi connectivity index (χ2n) is 17.8. The van der Waals surface area contributed by atoms with Gasteiger partial charge < -0.3 is 18.4 Å². The minimum Gasteiger partial charge on any atom is -0.457 e. The zero-order valence-electron chi connectivity index (χ0n) is 36.5. The first-order valence-electron chi connectivity index (χ1n) is 22.8. The van der Waals surface area contributed by atoms with Gasteiger partial charge in [0.05, 0.1) is 91.2 Å². The number of ether oxygens (including phenoxy) is 1. The number of hydrogen-bond donors (Lipinski definition) is 0. The van der Waals surface area contributed by atoms with Crippen molar-refractivity contribution in [3.63, 3.8) is 0 Å². The smallest absolute Gasteiger partial charge is 0.132 e. The molecule has 6 aromatic heterocycles. The molecule has 2 aliphatic rings. The van der Waals surface area contributed by atoms with Gasteiger partial charge in [0.25, 0.3) is 0 Å². The molecule has 7 aromatic carbocycles. The molecule has 0 N–H and O–H groups in total. The molecule has 15 rings (SSSR count). The van der Waals surface area contributed by atoms with E-state index in [0.29, 0.717) is 11.1 Å². The molecule has 13 aromatic rings. The van der Waals surface area contributed by atoms with Gasteiger partial charge in [0.15, 0.2) is 0 Å². The minimum absolute atomic E-state index is 0.548. The first kappa shape index (κ1) is 37.4. The normalized spacial score (nSPS) is 14.5. The van der Waals surface area contributed by atoms with Crippen LogP contribution in [-0.2, 0) is 5.41 Å². The van der Waals surface area contributed by atoms with E-state index in [4.69, 9.17) is 14.7 Å². The molecule has 1 aliphatic carbocycles. The molecular weight excluding hydrogens is 849 g/mol. The fourth-order valence-corrected chi connectivity index (χ4v) is 11.8. The predicted octanol–water partition coefficient (Wildman–Crippen LogP) is 13.4. The Morgan fingerprint density at radius 2 is 0.942 bits per heavy atom. The summed E-state index contributed by atoms with van der Waals surface area (Å²) in [6, 6.07) is 63.5. The lowest BCUT2D eigenvalue weighted by Crippen LogP contribution is -2.32. The second kappa shape index (κ2) is 13.6. The van der Waals surface area contributed by atoms with E-state index in [1.807, 2.05) is 79.4 Å². The Morgan fingerprint density at radius 1 is 0.391 bits per heavy atom. The van der Waals surface area contributed by atoms with E-state index in [9.17, 15) is 10.5 Å². The van der Waals surface area contributed by atoms with Gasteiger partial charge in [0.1, 0.15) is 11.5 Å². The van der Waals surface area contributed by atoms with Gasteiger partial charge in [-0.05, 0) is 115 Å². The summed E-state index contributed by atoms with van der Waals surface area (Å²) in [5.41, 5.74) is 14.9. The maximum Gasteiger partial charge on any atom is 0.132 e. The fourth-order valence-electron chi connectivity index (χ4n) is 11.8. The SMILES string of the molecule is N#Cc1ccc2c(c1)c1cc(C#N)ccc1n2-c1cnc2c(c1)C1(c3ccccc3Oc3ccc(-n4c5ccccc5c5cc(-n6c7ccccc7c7ccncc76)ccc54)cc31)c1cccnc1-2.